The number of nitrogens with one attached hydrogen (secondary N) is 2. The Kier molecular flexibility index (Phi) is 4.66. The maximum atomic E-state index is 10.4. The molecule has 0 atom stereocenters. The van der Waals surface area contributed by atoms with Crippen LogP contribution in [0, 0.1) is 0 Å². The van der Waals surface area contributed by atoms with E-state index in [4.69, 9.17) is 16.8 Å². The zero-order valence-corrected chi connectivity index (χ0v) is 10.0. The van der Waals surface area contributed by atoms with E-state index < -0.39 is 16.0 Å². The molecule has 0 aromatic heterocycles. The van der Waals surface area contributed by atoms with Crippen molar-refractivity contribution in [1.29, 1.82) is 0 Å². The highest BCUT2D eigenvalue weighted by atomic mass is 32.2. The Bertz CT molecular complexity index is 445. The first kappa shape index (κ1) is 12.9. The van der Waals surface area contributed by atoms with Gasteiger partial charge in [-0.25, -0.2) is 0 Å². The van der Waals surface area contributed by atoms with Gasteiger partial charge in [0.1, 0.15) is 5.88 Å². The average molecular weight is 260 g/mol. The van der Waals surface area contributed by atoms with Crippen LogP contribution in [0.4, 0.5) is 0 Å². The summed E-state index contributed by atoms with van der Waals surface area (Å²) < 4.78 is 29.3. The van der Waals surface area contributed by atoms with Crippen molar-refractivity contribution in [3.8, 4) is 0 Å². The topological polar surface area (TPSA) is 78.4 Å². The molecule has 1 rings (SSSR count). The summed E-state index contributed by atoms with van der Waals surface area (Å²) in [4.78, 5) is 0. The third-order valence-electron chi connectivity index (χ3n) is 1.71. The molecule has 0 bridgehead atoms. The Labute approximate surface area is 99.6 Å². The molecular formula is C9H12N2O3S2. The van der Waals surface area contributed by atoms with Crippen molar-refractivity contribution in [3.05, 3.63) is 35.9 Å². The zero-order chi connectivity index (χ0) is 12.0. The molecule has 0 aliphatic rings. The lowest BCUT2D eigenvalue weighted by atomic mass is 10.2. The van der Waals surface area contributed by atoms with Gasteiger partial charge in [-0.15, -0.1) is 0 Å². The standard InChI is InChI=1S/C9H12N2O3S2/c12-16(13,14)7-11-9(15)10-6-8-4-2-1-3-5-8/h1-5H,6-7H2,(H2,10,11,15)(H,12,13,14). The lowest BCUT2D eigenvalue weighted by molar-refractivity contribution is 0.481. The normalized spacial score (nSPS) is 10.8. The second kappa shape index (κ2) is 5.78. The Hall–Kier alpha value is -1.18. The Morgan fingerprint density at radius 3 is 2.44 bits per heavy atom. The summed E-state index contributed by atoms with van der Waals surface area (Å²) in [5.74, 6) is -0.590. The summed E-state index contributed by atoms with van der Waals surface area (Å²) in [5, 5.41) is 5.37. The van der Waals surface area contributed by atoms with Gasteiger partial charge in [0.2, 0.25) is 0 Å². The smallest absolute Gasteiger partial charge is 0.283 e. The molecule has 7 heteroatoms. The predicted octanol–water partition coefficient (Wildman–Crippen LogP) is 0.496. The minimum atomic E-state index is -4.04. The molecule has 3 N–H and O–H groups in total. The van der Waals surface area contributed by atoms with E-state index >= 15 is 0 Å². The molecule has 88 valence electrons. The number of hydrogen-bond donors (Lipinski definition) is 3. The van der Waals surface area contributed by atoms with Gasteiger partial charge in [-0.1, -0.05) is 30.3 Å². The first-order valence-electron chi connectivity index (χ1n) is 4.48. The fourth-order valence-electron chi connectivity index (χ4n) is 0.997. The maximum absolute atomic E-state index is 10.4. The zero-order valence-electron chi connectivity index (χ0n) is 8.38. The van der Waals surface area contributed by atoms with Crippen LogP contribution < -0.4 is 10.6 Å². The van der Waals surface area contributed by atoms with Gasteiger partial charge in [0.25, 0.3) is 10.1 Å². The molecule has 0 unspecified atom stereocenters. The number of benzene rings is 1. The van der Waals surface area contributed by atoms with Crippen LogP contribution in [-0.2, 0) is 16.7 Å². The Morgan fingerprint density at radius 2 is 1.88 bits per heavy atom. The van der Waals surface area contributed by atoms with Crippen molar-refractivity contribution in [2.24, 2.45) is 0 Å². The van der Waals surface area contributed by atoms with E-state index in [1.165, 1.54) is 0 Å². The summed E-state index contributed by atoms with van der Waals surface area (Å²) in [7, 11) is -4.04. The molecular weight excluding hydrogens is 248 g/mol. The van der Waals surface area contributed by atoms with Crippen molar-refractivity contribution < 1.29 is 13.0 Å². The average Bonchev–Trinajstić information content (AvgIpc) is 2.24. The van der Waals surface area contributed by atoms with E-state index in [1.807, 2.05) is 30.3 Å². The molecule has 0 radical (unpaired) electrons. The van der Waals surface area contributed by atoms with Gasteiger partial charge < -0.3 is 10.6 Å². The largest absolute Gasteiger partial charge is 0.359 e. The lowest BCUT2D eigenvalue weighted by Crippen LogP contribution is -2.37. The molecule has 0 amide bonds. The first-order valence-corrected chi connectivity index (χ1v) is 6.50. The highest BCUT2D eigenvalue weighted by molar-refractivity contribution is 7.85. The highest BCUT2D eigenvalue weighted by Gasteiger charge is 2.04. The second-order valence-corrected chi connectivity index (χ2v) is 4.93. The van der Waals surface area contributed by atoms with Crippen LogP contribution in [0.3, 0.4) is 0 Å². The number of hydrogen-bond acceptors (Lipinski definition) is 3. The van der Waals surface area contributed by atoms with Gasteiger partial charge in [-0.05, 0) is 17.8 Å². The van der Waals surface area contributed by atoms with Gasteiger partial charge in [-0.2, -0.15) is 8.42 Å². The number of rotatable bonds is 4. The summed E-state index contributed by atoms with van der Waals surface area (Å²) in [6, 6.07) is 9.52. The Balaban J connectivity index is 2.31. The highest BCUT2D eigenvalue weighted by Crippen LogP contribution is 1.96. The van der Waals surface area contributed by atoms with E-state index in [0.717, 1.165) is 5.56 Å². The van der Waals surface area contributed by atoms with Crippen molar-refractivity contribution >= 4 is 27.4 Å². The second-order valence-electron chi connectivity index (χ2n) is 3.07. The fourth-order valence-corrected chi connectivity index (χ4v) is 1.56. The van der Waals surface area contributed by atoms with Gasteiger partial charge in [0.15, 0.2) is 5.11 Å². The van der Waals surface area contributed by atoms with Gasteiger partial charge in [-0.3, -0.25) is 4.55 Å². The van der Waals surface area contributed by atoms with Crippen LogP contribution in [0.15, 0.2) is 30.3 Å². The van der Waals surface area contributed by atoms with Crippen molar-refractivity contribution in [2.75, 3.05) is 5.88 Å². The molecule has 0 spiro atoms. The summed E-state index contributed by atoms with van der Waals surface area (Å²) in [6.07, 6.45) is 0. The molecule has 1 aromatic carbocycles. The molecule has 5 nitrogen and oxygen atoms in total. The minimum absolute atomic E-state index is 0.182. The molecule has 0 aliphatic carbocycles. The quantitative estimate of drug-likeness (QED) is 0.540. The molecule has 0 heterocycles. The van der Waals surface area contributed by atoms with Gasteiger partial charge in [0, 0.05) is 6.54 Å². The SMILES string of the molecule is O=S(=O)(O)CNC(=S)NCc1ccccc1. The van der Waals surface area contributed by atoms with Crippen LogP contribution in [0.2, 0.25) is 0 Å². The molecule has 0 fully saturated rings. The summed E-state index contributed by atoms with van der Waals surface area (Å²) in [5.41, 5.74) is 1.03. The van der Waals surface area contributed by atoms with Crippen LogP contribution >= 0.6 is 12.2 Å². The van der Waals surface area contributed by atoms with Crippen LogP contribution in [0.5, 0.6) is 0 Å². The first-order chi connectivity index (χ1) is 7.47. The van der Waals surface area contributed by atoms with E-state index in [0.29, 0.717) is 6.54 Å². The van der Waals surface area contributed by atoms with E-state index in [-0.39, 0.29) is 5.11 Å². The molecule has 0 aliphatic heterocycles. The van der Waals surface area contributed by atoms with Crippen LogP contribution in [0.1, 0.15) is 5.56 Å². The summed E-state index contributed by atoms with van der Waals surface area (Å²) in [6.45, 7) is 0.498. The summed E-state index contributed by atoms with van der Waals surface area (Å²) >= 11 is 4.82. The lowest BCUT2D eigenvalue weighted by Gasteiger charge is -2.08. The van der Waals surface area contributed by atoms with Crippen LogP contribution in [-0.4, -0.2) is 24.0 Å². The van der Waals surface area contributed by atoms with Gasteiger partial charge >= 0.3 is 0 Å². The third kappa shape index (κ3) is 5.64. The molecule has 0 saturated carbocycles. The van der Waals surface area contributed by atoms with Gasteiger partial charge in [0.05, 0.1) is 0 Å². The maximum Gasteiger partial charge on any atom is 0.283 e. The van der Waals surface area contributed by atoms with E-state index in [9.17, 15) is 8.42 Å². The molecule has 16 heavy (non-hydrogen) atoms. The minimum Gasteiger partial charge on any atom is -0.359 e. The monoisotopic (exact) mass is 260 g/mol. The van der Waals surface area contributed by atoms with E-state index in [1.54, 1.807) is 0 Å². The Morgan fingerprint density at radius 1 is 1.25 bits per heavy atom. The van der Waals surface area contributed by atoms with E-state index in [2.05, 4.69) is 10.6 Å². The van der Waals surface area contributed by atoms with Crippen molar-refractivity contribution in [2.45, 2.75) is 6.54 Å². The fraction of sp³-hybridized carbons (Fsp3) is 0.222. The van der Waals surface area contributed by atoms with Crippen molar-refractivity contribution in [3.63, 3.8) is 0 Å². The molecule has 1 aromatic rings. The third-order valence-corrected chi connectivity index (χ3v) is 2.51. The van der Waals surface area contributed by atoms with Crippen molar-refractivity contribution in [1.82, 2.24) is 10.6 Å². The van der Waals surface area contributed by atoms with Crippen LogP contribution in [0.25, 0.3) is 0 Å². The molecule has 0 saturated heterocycles. The predicted molar refractivity (Wildman–Crippen MR) is 65.4 cm³/mol. The number of thiocarbonyl (C=S) groups is 1.